The van der Waals surface area contributed by atoms with Crippen molar-refractivity contribution >= 4 is 12.3 Å². The summed E-state index contributed by atoms with van der Waals surface area (Å²) in [5.41, 5.74) is -2.45. The van der Waals surface area contributed by atoms with Gasteiger partial charge < -0.3 is 59.8 Å². The smallest absolute Gasteiger partial charge is 0.314 e. The molecule has 5 fully saturated rings. The van der Waals surface area contributed by atoms with E-state index < -0.39 is 97.0 Å². The van der Waals surface area contributed by atoms with Crippen LogP contribution in [0.4, 0.5) is 0 Å². The third kappa shape index (κ3) is 5.02. The summed E-state index contributed by atoms with van der Waals surface area (Å²) in [5.74, 6) is -0.660. The molecule has 6 rings (SSSR count). The Morgan fingerprint density at radius 1 is 0.826 bits per heavy atom. The number of aliphatic hydroxyl groups excluding tert-OH is 8. The van der Waals surface area contributed by atoms with Gasteiger partial charge in [-0.15, -0.1) is 0 Å². The molecule has 0 amide bonds. The Morgan fingerprint density at radius 3 is 2.02 bits per heavy atom. The molecule has 14 nitrogen and oxygen atoms in total. The molecule has 1 spiro atoms. The average molecular weight is 657 g/mol. The van der Waals surface area contributed by atoms with Crippen LogP contribution < -0.4 is 0 Å². The van der Waals surface area contributed by atoms with E-state index in [4.69, 9.17) is 18.9 Å². The first-order chi connectivity index (χ1) is 21.7. The fourth-order valence-electron chi connectivity index (χ4n) is 10.3. The summed E-state index contributed by atoms with van der Waals surface area (Å²) in [7, 11) is 0. The molecule has 0 aromatic carbocycles. The molecule has 260 valence electrons. The molecular formula is C32H48O14. The molecule has 16 atom stereocenters. The summed E-state index contributed by atoms with van der Waals surface area (Å²) in [4.78, 5) is 26.5. The standard InChI is InChI=1S/C32H48O14/c1-29-6-3-7-30(2,28(42)45-26-24(40)22(38)20(36)16(12-34)43-26)18(29)4-8-31-10-15(11-33)32(14-31,9-5-19(29)31)46-27-25(41)23(39)21(37)17(13-35)44-27/h10-11,16-27,34-41H,3-9,12-14H2,1-2H3/t16-,17-,18+,19+,20-,21-,22+,23+,24-,25-,26+,27+,29-,30+,31-,32+/m1/s1. The highest BCUT2D eigenvalue weighted by molar-refractivity contribution is 5.79. The van der Waals surface area contributed by atoms with Crippen molar-refractivity contribution in [2.75, 3.05) is 13.2 Å². The maximum Gasteiger partial charge on any atom is 0.314 e. The summed E-state index contributed by atoms with van der Waals surface area (Å²) in [5, 5.41) is 81.4. The van der Waals surface area contributed by atoms with Crippen molar-refractivity contribution in [3.05, 3.63) is 11.6 Å². The Bertz CT molecular complexity index is 1210. The first kappa shape index (κ1) is 34.3. The monoisotopic (exact) mass is 656 g/mol. The fraction of sp³-hybridized carbons (Fsp3) is 0.875. The zero-order valence-corrected chi connectivity index (χ0v) is 26.2. The van der Waals surface area contributed by atoms with E-state index in [1.807, 2.05) is 13.0 Å². The predicted molar refractivity (Wildman–Crippen MR) is 154 cm³/mol. The Morgan fingerprint density at radius 2 is 1.41 bits per heavy atom. The second kappa shape index (κ2) is 12.1. The number of aliphatic hydroxyl groups is 8. The highest BCUT2D eigenvalue weighted by atomic mass is 16.7. The van der Waals surface area contributed by atoms with Crippen LogP contribution in [0, 0.1) is 28.1 Å². The molecule has 2 saturated heterocycles. The van der Waals surface area contributed by atoms with Gasteiger partial charge in [-0.1, -0.05) is 19.4 Å². The third-order valence-electron chi connectivity index (χ3n) is 12.6. The largest absolute Gasteiger partial charge is 0.432 e. The van der Waals surface area contributed by atoms with Crippen LogP contribution in [-0.4, -0.2) is 133 Å². The van der Waals surface area contributed by atoms with Crippen molar-refractivity contribution in [1.82, 2.24) is 0 Å². The minimum Gasteiger partial charge on any atom is -0.432 e. The van der Waals surface area contributed by atoms with Crippen LogP contribution in [0.5, 0.6) is 0 Å². The number of rotatable bonds is 7. The molecule has 0 radical (unpaired) electrons. The van der Waals surface area contributed by atoms with Crippen molar-refractivity contribution in [3.8, 4) is 0 Å². The fourth-order valence-corrected chi connectivity index (χ4v) is 10.3. The van der Waals surface area contributed by atoms with E-state index >= 15 is 0 Å². The lowest BCUT2D eigenvalue weighted by molar-refractivity contribution is -0.328. The molecule has 8 N–H and O–H groups in total. The van der Waals surface area contributed by atoms with Gasteiger partial charge in [0.05, 0.1) is 18.6 Å². The van der Waals surface area contributed by atoms with Crippen LogP contribution in [0.25, 0.3) is 0 Å². The Hall–Kier alpha value is -1.56. The number of carbonyl (C=O) groups excluding carboxylic acids is 2. The predicted octanol–water partition coefficient (Wildman–Crippen LogP) is -1.58. The van der Waals surface area contributed by atoms with Gasteiger partial charge in [0.15, 0.2) is 6.29 Å². The lowest BCUT2D eigenvalue weighted by Crippen LogP contribution is -2.63. The molecule has 0 unspecified atom stereocenters. The van der Waals surface area contributed by atoms with Crippen LogP contribution >= 0.6 is 0 Å². The van der Waals surface area contributed by atoms with Gasteiger partial charge in [-0.2, -0.15) is 0 Å². The first-order valence-corrected chi connectivity index (χ1v) is 16.4. The normalized spacial score (nSPS) is 53.5. The highest BCUT2D eigenvalue weighted by Crippen LogP contribution is 2.72. The van der Waals surface area contributed by atoms with Crippen LogP contribution in [-0.2, 0) is 28.5 Å². The van der Waals surface area contributed by atoms with E-state index in [0.29, 0.717) is 44.1 Å². The number of allylic oxidation sites excluding steroid dienone is 1. The Balaban J connectivity index is 1.23. The highest BCUT2D eigenvalue weighted by Gasteiger charge is 2.68. The number of hydrogen-bond donors (Lipinski definition) is 8. The number of aldehydes is 1. The lowest BCUT2D eigenvalue weighted by atomic mass is 9.40. The van der Waals surface area contributed by atoms with Crippen molar-refractivity contribution < 1.29 is 69.4 Å². The van der Waals surface area contributed by atoms with Crippen molar-refractivity contribution in [2.24, 2.45) is 28.1 Å². The molecule has 2 aliphatic heterocycles. The van der Waals surface area contributed by atoms with Crippen molar-refractivity contribution in [2.45, 2.75) is 132 Å². The lowest BCUT2D eigenvalue weighted by Gasteiger charge is -2.64. The van der Waals surface area contributed by atoms with Gasteiger partial charge in [-0.05, 0) is 74.5 Å². The number of carbonyl (C=O) groups is 2. The SMILES string of the molecule is C[C@@]12CCC[C@](C)(C(=O)O[C@@H]3O[C@H](CO)[C@@H](O)[C@H](O)[C@H]3O)[C@H]1CC[C@]13C=C(C=O)[C@](O[C@@H]4O[C@H](CO)[C@@H](O)[C@H](O)[C@H]4O)(CC[C@H]12)C3. The zero-order chi connectivity index (χ0) is 33.4. The molecule has 46 heavy (non-hydrogen) atoms. The van der Waals surface area contributed by atoms with Crippen molar-refractivity contribution in [1.29, 1.82) is 0 Å². The second-order valence-electron chi connectivity index (χ2n) is 15.0. The number of fused-ring (bicyclic) bond motifs is 3. The topological polar surface area (TPSA) is 233 Å². The van der Waals surface area contributed by atoms with Gasteiger partial charge >= 0.3 is 5.97 Å². The van der Waals surface area contributed by atoms with Gasteiger partial charge in [0.25, 0.3) is 0 Å². The maximum absolute atomic E-state index is 13.9. The molecular weight excluding hydrogens is 608 g/mol. The van der Waals surface area contributed by atoms with E-state index in [-0.39, 0.29) is 17.3 Å². The molecule has 2 heterocycles. The molecule has 4 aliphatic carbocycles. The number of ether oxygens (including phenoxy) is 4. The van der Waals surface area contributed by atoms with Crippen LogP contribution in [0.1, 0.15) is 65.2 Å². The summed E-state index contributed by atoms with van der Waals surface area (Å²) >= 11 is 0. The van der Waals surface area contributed by atoms with E-state index in [9.17, 15) is 50.4 Å². The van der Waals surface area contributed by atoms with E-state index in [1.54, 1.807) is 0 Å². The van der Waals surface area contributed by atoms with Gasteiger partial charge in [0.1, 0.15) is 60.7 Å². The van der Waals surface area contributed by atoms with E-state index in [0.717, 1.165) is 19.1 Å². The number of esters is 1. The molecule has 2 bridgehead atoms. The molecule has 3 saturated carbocycles. The summed E-state index contributed by atoms with van der Waals surface area (Å²) in [6.07, 6.45) is -7.42. The van der Waals surface area contributed by atoms with Gasteiger partial charge in [-0.3, -0.25) is 9.59 Å². The summed E-state index contributed by atoms with van der Waals surface area (Å²) < 4.78 is 23.2. The van der Waals surface area contributed by atoms with Gasteiger partial charge in [-0.25, -0.2) is 0 Å². The van der Waals surface area contributed by atoms with Crippen LogP contribution in [0.3, 0.4) is 0 Å². The Kier molecular flexibility index (Phi) is 9.02. The first-order valence-electron chi connectivity index (χ1n) is 16.4. The Labute approximate surface area is 266 Å². The third-order valence-corrected chi connectivity index (χ3v) is 12.6. The average Bonchev–Trinajstić information content (AvgIpc) is 3.26. The van der Waals surface area contributed by atoms with Gasteiger partial charge in [0, 0.05) is 5.57 Å². The quantitative estimate of drug-likeness (QED) is 0.0878. The molecule has 0 aromatic rings. The summed E-state index contributed by atoms with van der Waals surface area (Å²) in [6.45, 7) is 2.80. The van der Waals surface area contributed by atoms with Crippen molar-refractivity contribution in [3.63, 3.8) is 0 Å². The summed E-state index contributed by atoms with van der Waals surface area (Å²) in [6, 6.07) is 0. The molecule has 14 heteroatoms. The van der Waals surface area contributed by atoms with Crippen LogP contribution in [0.15, 0.2) is 11.6 Å². The van der Waals surface area contributed by atoms with Crippen LogP contribution in [0.2, 0.25) is 0 Å². The maximum atomic E-state index is 13.9. The zero-order valence-electron chi connectivity index (χ0n) is 26.2. The molecule has 6 aliphatic rings. The minimum atomic E-state index is -1.70. The van der Waals surface area contributed by atoms with Gasteiger partial charge in [0.2, 0.25) is 6.29 Å². The minimum absolute atomic E-state index is 0.0578. The van der Waals surface area contributed by atoms with E-state index in [2.05, 4.69) is 6.92 Å². The second-order valence-corrected chi connectivity index (χ2v) is 15.0. The number of hydrogen-bond acceptors (Lipinski definition) is 14. The molecule has 0 aromatic heterocycles. The van der Waals surface area contributed by atoms with E-state index in [1.165, 1.54) is 0 Å².